The highest BCUT2D eigenvalue weighted by Gasteiger charge is 2.53. The molecule has 0 radical (unpaired) electrons. The molecule has 1 saturated carbocycles. The Morgan fingerprint density at radius 3 is 2.53 bits per heavy atom. The third-order valence-corrected chi connectivity index (χ3v) is 3.85. The Bertz CT molecular complexity index is 609. The lowest BCUT2D eigenvalue weighted by atomic mass is 10.0. The van der Waals surface area contributed by atoms with Crippen molar-refractivity contribution in [3.05, 3.63) is 47.8 Å². The van der Waals surface area contributed by atoms with Gasteiger partial charge in [0.1, 0.15) is 5.41 Å². The van der Waals surface area contributed by atoms with Crippen LogP contribution in [-0.2, 0) is 16.6 Å². The van der Waals surface area contributed by atoms with Crippen molar-refractivity contribution in [3.8, 4) is 5.69 Å². The van der Waals surface area contributed by atoms with Gasteiger partial charge in [-0.2, -0.15) is 5.10 Å². The second kappa shape index (κ2) is 4.23. The zero-order chi connectivity index (χ0) is 13.5. The topological polar surface area (TPSA) is 55.1 Å². The molecular formula is C15H16N2O2. The highest BCUT2D eigenvalue weighted by Crippen LogP contribution is 2.47. The number of hydrogen-bond donors (Lipinski definition) is 1. The van der Waals surface area contributed by atoms with Gasteiger partial charge in [-0.15, -0.1) is 0 Å². The molecule has 1 aliphatic rings. The normalized spacial score (nSPS) is 16.3. The number of carbonyl (C=O) groups is 1. The van der Waals surface area contributed by atoms with Gasteiger partial charge in [0.2, 0.25) is 0 Å². The molecule has 1 heterocycles. The summed E-state index contributed by atoms with van der Waals surface area (Å²) < 4.78 is 1.75. The third-order valence-electron chi connectivity index (χ3n) is 3.85. The van der Waals surface area contributed by atoms with E-state index in [0.717, 1.165) is 12.1 Å². The van der Waals surface area contributed by atoms with Crippen LogP contribution in [0.25, 0.3) is 5.69 Å². The van der Waals surface area contributed by atoms with Gasteiger partial charge in [-0.05, 0) is 43.0 Å². The number of nitrogens with zero attached hydrogens (tertiary/aromatic N) is 2. The number of aromatic nitrogens is 2. The van der Waals surface area contributed by atoms with Crippen LogP contribution >= 0.6 is 0 Å². The van der Waals surface area contributed by atoms with E-state index in [0.29, 0.717) is 18.5 Å². The predicted molar refractivity (Wildman–Crippen MR) is 71.5 cm³/mol. The molecule has 0 amide bonds. The van der Waals surface area contributed by atoms with Crippen LogP contribution in [0.2, 0.25) is 0 Å². The monoisotopic (exact) mass is 256 g/mol. The minimum absolute atomic E-state index is 0.666. The molecular weight excluding hydrogens is 240 g/mol. The van der Waals surface area contributed by atoms with Crippen LogP contribution in [0, 0.1) is 0 Å². The summed E-state index contributed by atoms with van der Waals surface area (Å²) in [5.74, 6) is -0.765. The van der Waals surface area contributed by atoms with Gasteiger partial charge >= 0.3 is 5.97 Å². The molecule has 0 atom stereocenters. The maximum atomic E-state index is 11.3. The van der Waals surface area contributed by atoms with Crippen molar-refractivity contribution in [2.75, 3.05) is 0 Å². The molecule has 1 aliphatic carbocycles. The van der Waals surface area contributed by atoms with Crippen molar-refractivity contribution in [2.45, 2.75) is 31.6 Å². The Labute approximate surface area is 111 Å². The first-order chi connectivity index (χ1) is 9.15. The van der Waals surface area contributed by atoms with Gasteiger partial charge in [-0.3, -0.25) is 4.79 Å². The standard InChI is InChI=1S/C15H16N2O2/c1-2-11-3-5-12(6-4-11)17-10-7-13(16-17)15(8-9-15)14(18)19/h3-7,10H,2,8-9H2,1H3,(H,18,19). The highest BCUT2D eigenvalue weighted by atomic mass is 16.4. The Morgan fingerprint density at radius 2 is 2.00 bits per heavy atom. The van der Waals surface area contributed by atoms with Crippen molar-refractivity contribution < 1.29 is 9.90 Å². The van der Waals surface area contributed by atoms with Crippen LogP contribution in [0.4, 0.5) is 0 Å². The van der Waals surface area contributed by atoms with Gasteiger partial charge in [0.25, 0.3) is 0 Å². The molecule has 98 valence electrons. The minimum Gasteiger partial charge on any atom is -0.481 e. The molecule has 4 heteroatoms. The summed E-state index contributed by atoms with van der Waals surface area (Å²) in [5.41, 5.74) is 2.18. The summed E-state index contributed by atoms with van der Waals surface area (Å²) in [5, 5.41) is 13.7. The summed E-state index contributed by atoms with van der Waals surface area (Å²) in [4.78, 5) is 11.3. The van der Waals surface area contributed by atoms with Gasteiger partial charge in [-0.1, -0.05) is 19.1 Å². The van der Waals surface area contributed by atoms with Crippen LogP contribution in [-0.4, -0.2) is 20.9 Å². The second-order valence-electron chi connectivity index (χ2n) is 5.05. The predicted octanol–water partition coefficient (Wildman–Crippen LogP) is 2.55. The van der Waals surface area contributed by atoms with Crippen LogP contribution < -0.4 is 0 Å². The van der Waals surface area contributed by atoms with E-state index in [4.69, 9.17) is 0 Å². The van der Waals surface area contributed by atoms with Crippen LogP contribution in [0.3, 0.4) is 0 Å². The lowest BCUT2D eigenvalue weighted by Crippen LogP contribution is -2.20. The number of rotatable bonds is 4. The van der Waals surface area contributed by atoms with Crippen molar-refractivity contribution in [1.82, 2.24) is 9.78 Å². The number of aryl methyl sites for hydroxylation is 1. The minimum atomic E-state index is -0.765. The molecule has 3 rings (SSSR count). The summed E-state index contributed by atoms with van der Waals surface area (Å²) in [6, 6.07) is 9.97. The molecule has 0 unspecified atom stereocenters. The van der Waals surface area contributed by atoms with E-state index in [9.17, 15) is 9.90 Å². The molecule has 0 spiro atoms. The van der Waals surface area contributed by atoms with E-state index in [1.807, 2.05) is 24.4 Å². The number of hydrogen-bond acceptors (Lipinski definition) is 2. The fourth-order valence-electron chi connectivity index (χ4n) is 2.31. The SMILES string of the molecule is CCc1ccc(-n2ccc(C3(C(=O)O)CC3)n2)cc1. The molecule has 1 aromatic carbocycles. The van der Waals surface area contributed by atoms with E-state index in [1.165, 1.54) is 5.56 Å². The molecule has 0 bridgehead atoms. The molecule has 1 N–H and O–H groups in total. The molecule has 1 fully saturated rings. The lowest BCUT2D eigenvalue weighted by Gasteiger charge is -2.06. The van der Waals surface area contributed by atoms with E-state index in [1.54, 1.807) is 4.68 Å². The van der Waals surface area contributed by atoms with Crippen molar-refractivity contribution >= 4 is 5.97 Å². The molecule has 0 aliphatic heterocycles. The van der Waals surface area contributed by atoms with Crippen molar-refractivity contribution in [2.24, 2.45) is 0 Å². The molecule has 2 aromatic rings. The van der Waals surface area contributed by atoms with Gasteiger partial charge < -0.3 is 5.11 Å². The van der Waals surface area contributed by atoms with E-state index < -0.39 is 11.4 Å². The lowest BCUT2D eigenvalue weighted by molar-refractivity contribution is -0.140. The Balaban J connectivity index is 1.90. The zero-order valence-corrected chi connectivity index (χ0v) is 10.8. The highest BCUT2D eigenvalue weighted by molar-refractivity contribution is 5.84. The molecule has 1 aromatic heterocycles. The first-order valence-electron chi connectivity index (χ1n) is 6.54. The van der Waals surface area contributed by atoms with Crippen molar-refractivity contribution in [1.29, 1.82) is 0 Å². The largest absolute Gasteiger partial charge is 0.481 e. The average Bonchev–Trinajstić information content (AvgIpc) is 3.11. The number of carboxylic acid groups (broad SMARTS) is 1. The van der Waals surface area contributed by atoms with E-state index in [-0.39, 0.29) is 0 Å². The van der Waals surface area contributed by atoms with Gasteiger partial charge in [0.05, 0.1) is 11.4 Å². The summed E-state index contributed by atoms with van der Waals surface area (Å²) in [6.07, 6.45) is 4.22. The molecule has 19 heavy (non-hydrogen) atoms. The van der Waals surface area contributed by atoms with Crippen LogP contribution in [0.1, 0.15) is 31.0 Å². The summed E-state index contributed by atoms with van der Waals surface area (Å²) >= 11 is 0. The zero-order valence-electron chi connectivity index (χ0n) is 10.8. The first-order valence-corrected chi connectivity index (χ1v) is 6.54. The molecule has 4 nitrogen and oxygen atoms in total. The van der Waals surface area contributed by atoms with E-state index >= 15 is 0 Å². The van der Waals surface area contributed by atoms with E-state index in [2.05, 4.69) is 24.2 Å². The fourth-order valence-corrected chi connectivity index (χ4v) is 2.31. The number of carboxylic acids is 1. The quantitative estimate of drug-likeness (QED) is 0.914. The Kier molecular flexibility index (Phi) is 2.66. The van der Waals surface area contributed by atoms with Gasteiger partial charge in [0, 0.05) is 6.20 Å². The third kappa shape index (κ3) is 1.93. The Hall–Kier alpha value is -2.10. The first kappa shape index (κ1) is 12.0. The van der Waals surface area contributed by atoms with Crippen molar-refractivity contribution in [3.63, 3.8) is 0 Å². The number of benzene rings is 1. The molecule has 0 saturated heterocycles. The van der Waals surface area contributed by atoms with Gasteiger partial charge in [0.15, 0.2) is 0 Å². The maximum absolute atomic E-state index is 11.3. The van der Waals surface area contributed by atoms with Crippen LogP contribution in [0.5, 0.6) is 0 Å². The summed E-state index contributed by atoms with van der Waals surface area (Å²) in [7, 11) is 0. The summed E-state index contributed by atoms with van der Waals surface area (Å²) in [6.45, 7) is 2.12. The Morgan fingerprint density at radius 1 is 1.32 bits per heavy atom. The average molecular weight is 256 g/mol. The maximum Gasteiger partial charge on any atom is 0.315 e. The van der Waals surface area contributed by atoms with Gasteiger partial charge in [-0.25, -0.2) is 4.68 Å². The second-order valence-corrected chi connectivity index (χ2v) is 5.05. The van der Waals surface area contributed by atoms with Crippen LogP contribution in [0.15, 0.2) is 36.5 Å². The smallest absolute Gasteiger partial charge is 0.315 e. The number of aliphatic carboxylic acids is 1. The fraction of sp³-hybridized carbons (Fsp3) is 0.333.